The molecule has 0 radical (unpaired) electrons. The number of carbonyl (C=O) groups excluding carboxylic acids is 3. The van der Waals surface area contributed by atoms with Gasteiger partial charge in [-0.05, 0) is 19.1 Å². The third-order valence-corrected chi connectivity index (χ3v) is 4.40. The molecule has 2 heterocycles. The van der Waals surface area contributed by atoms with Gasteiger partial charge in [-0.25, -0.2) is 14.6 Å². The van der Waals surface area contributed by atoms with Gasteiger partial charge in [-0.15, -0.1) is 0 Å². The number of nitrogens with zero attached hydrogens (tertiary/aromatic N) is 3. The highest BCUT2D eigenvalue weighted by Gasteiger charge is 2.46. The summed E-state index contributed by atoms with van der Waals surface area (Å²) in [5.41, 5.74) is 1.40. The van der Waals surface area contributed by atoms with E-state index < -0.39 is 17.8 Å². The molecule has 4 rings (SSSR count). The average Bonchev–Trinajstić information content (AvgIpc) is 3.29. The molecule has 0 unspecified atom stereocenters. The van der Waals surface area contributed by atoms with E-state index in [2.05, 4.69) is 5.16 Å². The second kappa shape index (κ2) is 7.59. The SMILES string of the molecule is CCOc1ccccc1N1C(=O)C(=O)N(Cc2cc(-c3ccccc3)on2)C1=O. The molecule has 2 aromatic carbocycles. The number of hydrogen-bond donors (Lipinski definition) is 0. The second-order valence-electron chi connectivity index (χ2n) is 6.26. The minimum Gasteiger partial charge on any atom is -0.492 e. The fraction of sp³-hybridized carbons (Fsp3) is 0.143. The summed E-state index contributed by atoms with van der Waals surface area (Å²) in [5.74, 6) is -1.01. The highest BCUT2D eigenvalue weighted by Crippen LogP contribution is 2.32. The molecule has 146 valence electrons. The minimum atomic E-state index is -0.936. The number of carbonyl (C=O) groups is 3. The summed E-state index contributed by atoms with van der Waals surface area (Å²) >= 11 is 0. The van der Waals surface area contributed by atoms with Crippen LogP contribution in [0.2, 0.25) is 0 Å². The van der Waals surface area contributed by atoms with E-state index in [0.717, 1.165) is 15.4 Å². The number of ether oxygens (including phenoxy) is 1. The number of para-hydroxylation sites is 2. The Balaban J connectivity index is 1.59. The zero-order valence-corrected chi connectivity index (χ0v) is 15.6. The molecule has 29 heavy (non-hydrogen) atoms. The van der Waals surface area contributed by atoms with Crippen LogP contribution in [-0.2, 0) is 16.1 Å². The van der Waals surface area contributed by atoms with Gasteiger partial charge < -0.3 is 9.26 Å². The molecule has 8 nitrogen and oxygen atoms in total. The third-order valence-electron chi connectivity index (χ3n) is 4.40. The van der Waals surface area contributed by atoms with Crippen molar-refractivity contribution in [3.05, 3.63) is 66.4 Å². The predicted octanol–water partition coefficient (Wildman–Crippen LogP) is 3.24. The van der Waals surface area contributed by atoms with Crippen molar-refractivity contribution in [1.29, 1.82) is 0 Å². The van der Waals surface area contributed by atoms with Gasteiger partial charge >= 0.3 is 17.8 Å². The molecule has 0 aliphatic carbocycles. The summed E-state index contributed by atoms with van der Waals surface area (Å²) in [6.07, 6.45) is 0. The Bertz CT molecular complexity index is 1080. The van der Waals surface area contributed by atoms with Gasteiger partial charge in [0.1, 0.15) is 11.4 Å². The molecule has 4 amide bonds. The first kappa shape index (κ1) is 18.4. The van der Waals surface area contributed by atoms with Gasteiger partial charge in [0.15, 0.2) is 5.76 Å². The highest BCUT2D eigenvalue weighted by molar-refractivity contribution is 6.52. The Kier molecular flexibility index (Phi) is 4.82. The maximum Gasteiger partial charge on any atom is 0.339 e. The van der Waals surface area contributed by atoms with Crippen molar-refractivity contribution < 1.29 is 23.6 Å². The van der Waals surface area contributed by atoms with Gasteiger partial charge in [0.25, 0.3) is 0 Å². The Morgan fingerprint density at radius 2 is 1.69 bits per heavy atom. The zero-order valence-electron chi connectivity index (χ0n) is 15.6. The van der Waals surface area contributed by atoms with Crippen molar-refractivity contribution >= 4 is 23.5 Å². The van der Waals surface area contributed by atoms with E-state index in [1.54, 1.807) is 37.3 Å². The van der Waals surface area contributed by atoms with Crippen molar-refractivity contribution in [1.82, 2.24) is 10.1 Å². The third kappa shape index (κ3) is 3.36. The monoisotopic (exact) mass is 391 g/mol. The molecule has 8 heteroatoms. The van der Waals surface area contributed by atoms with Crippen molar-refractivity contribution in [3.8, 4) is 17.1 Å². The molecule has 0 N–H and O–H groups in total. The van der Waals surface area contributed by atoms with Crippen molar-refractivity contribution in [2.75, 3.05) is 11.5 Å². The van der Waals surface area contributed by atoms with Gasteiger partial charge in [0, 0.05) is 11.6 Å². The van der Waals surface area contributed by atoms with Crippen LogP contribution in [0.4, 0.5) is 10.5 Å². The highest BCUT2D eigenvalue weighted by atomic mass is 16.5. The maximum absolute atomic E-state index is 12.9. The van der Waals surface area contributed by atoms with Gasteiger partial charge in [0.2, 0.25) is 0 Å². The summed E-state index contributed by atoms with van der Waals surface area (Å²) in [7, 11) is 0. The van der Waals surface area contributed by atoms with Crippen LogP contribution in [0.3, 0.4) is 0 Å². The topological polar surface area (TPSA) is 92.9 Å². The normalized spacial score (nSPS) is 14.0. The van der Waals surface area contributed by atoms with E-state index in [4.69, 9.17) is 9.26 Å². The van der Waals surface area contributed by atoms with Crippen LogP contribution in [0.25, 0.3) is 11.3 Å². The lowest BCUT2D eigenvalue weighted by Gasteiger charge is -2.17. The van der Waals surface area contributed by atoms with E-state index in [0.29, 0.717) is 23.8 Å². The number of benzene rings is 2. The predicted molar refractivity (Wildman–Crippen MR) is 103 cm³/mol. The lowest BCUT2D eigenvalue weighted by atomic mass is 10.1. The fourth-order valence-corrected chi connectivity index (χ4v) is 3.06. The summed E-state index contributed by atoms with van der Waals surface area (Å²) in [6.45, 7) is 1.97. The summed E-state index contributed by atoms with van der Waals surface area (Å²) in [4.78, 5) is 39.5. The lowest BCUT2D eigenvalue weighted by molar-refractivity contribution is -0.139. The number of anilines is 1. The van der Waals surface area contributed by atoms with Crippen LogP contribution in [-0.4, -0.2) is 34.5 Å². The van der Waals surface area contributed by atoms with Crippen LogP contribution in [0.1, 0.15) is 12.6 Å². The summed E-state index contributed by atoms with van der Waals surface area (Å²) < 4.78 is 10.8. The molecule has 1 saturated heterocycles. The first-order valence-corrected chi connectivity index (χ1v) is 9.03. The molecular weight excluding hydrogens is 374 g/mol. The Morgan fingerprint density at radius 3 is 2.45 bits per heavy atom. The minimum absolute atomic E-state index is 0.174. The second-order valence-corrected chi connectivity index (χ2v) is 6.26. The number of hydrogen-bond acceptors (Lipinski definition) is 6. The van der Waals surface area contributed by atoms with Crippen LogP contribution >= 0.6 is 0 Å². The average molecular weight is 391 g/mol. The molecule has 3 aromatic rings. The van der Waals surface area contributed by atoms with Gasteiger partial charge in [0.05, 0.1) is 18.8 Å². The number of urea groups is 1. The van der Waals surface area contributed by atoms with Crippen LogP contribution in [0.5, 0.6) is 5.75 Å². The van der Waals surface area contributed by atoms with Crippen molar-refractivity contribution in [2.45, 2.75) is 13.5 Å². The molecule has 1 aromatic heterocycles. The fourth-order valence-electron chi connectivity index (χ4n) is 3.06. The molecule has 1 aliphatic heterocycles. The molecule has 0 bridgehead atoms. The number of imide groups is 2. The molecule has 0 spiro atoms. The number of rotatable bonds is 6. The zero-order chi connectivity index (χ0) is 20.4. The number of amides is 4. The van der Waals surface area contributed by atoms with E-state index >= 15 is 0 Å². The quantitative estimate of drug-likeness (QED) is 0.473. The maximum atomic E-state index is 12.9. The lowest BCUT2D eigenvalue weighted by Crippen LogP contribution is -2.33. The van der Waals surface area contributed by atoms with Crippen molar-refractivity contribution in [3.63, 3.8) is 0 Å². The Hall–Kier alpha value is -3.94. The van der Waals surface area contributed by atoms with E-state index in [1.165, 1.54) is 0 Å². The Morgan fingerprint density at radius 1 is 0.966 bits per heavy atom. The smallest absolute Gasteiger partial charge is 0.339 e. The van der Waals surface area contributed by atoms with E-state index in [9.17, 15) is 14.4 Å². The Labute approximate surface area is 166 Å². The molecule has 1 aliphatic rings. The van der Waals surface area contributed by atoms with Crippen LogP contribution in [0.15, 0.2) is 65.2 Å². The van der Waals surface area contributed by atoms with Crippen LogP contribution < -0.4 is 9.64 Å². The van der Waals surface area contributed by atoms with Crippen molar-refractivity contribution in [2.24, 2.45) is 0 Å². The molecule has 0 atom stereocenters. The molecule has 1 fully saturated rings. The van der Waals surface area contributed by atoms with Gasteiger partial charge in [-0.1, -0.05) is 47.6 Å². The summed E-state index contributed by atoms with van der Waals surface area (Å²) in [6, 6.07) is 16.8. The standard InChI is InChI=1S/C21H17N3O5/c1-2-28-17-11-7-6-10-16(17)24-20(26)19(25)23(21(24)27)13-15-12-18(29-22-15)14-8-4-3-5-9-14/h3-12H,2,13H2,1H3. The first-order valence-electron chi connectivity index (χ1n) is 9.03. The largest absolute Gasteiger partial charge is 0.492 e. The molecule has 0 saturated carbocycles. The van der Waals surface area contributed by atoms with Gasteiger partial charge in [-0.3, -0.25) is 9.59 Å². The first-order chi connectivity index (χ1) is 14.1. The van der Waals surface area contributed by atoms with Gasteiger partial charge in [-0.2, -0.15) is 0 Å². The van der Waals surface area contributed by atoms with E-state index in [1.807, 2.05) is 30.3 Å². The van der Waals surface area contributed by atoms with Crippen LogP contribution in [0, 0.1) is 0 Å². The number of aromatic nitrogens is 1. The molecular formula is C21H17N3O5. The van der Waals surface area contributed by atoms with E-state index in [-0.39, 0.29) is 12.2 Å². The summed E-state index contributed by atoms with van der Waals surface area (Å²) in [5, 5.41) is 3.92.